The van der Waals surface area contributed by atoms with E-state index in [4.69, 9.17) is 20.3 Å². The summed E-state index contributed by atoms with van der Waals surface area (Å²) in [5, 5.41) is 24.4. The highest BCUT2D eigenvalue weighted by Crippen LogP contribution is 2.37. The second kappa shape index (κ2) is 8.39. The van der Waals surface area contributed by atoms with Crippen LogP contribution >= 0.6 is 0 Å². The Bertz CT molecular complexity index is 1170. The van der Waals surface area contributed by atoms with E-state index < -0.39 is 6.04 Å². The molecule has 0 fully saturated rings. The lowest BCUT2D eigenvalue weighted by atomic mass is 10.0. The summed E-state index contributed by atoms with van der Waals surface area (Å²) in [7, 11) is 0. The van der Waals surface area contributed by atoms with Crippen LogP contribution < -0.4 is 14.8 Å². The number of hydrogen-bond donors (Lipinski definition) is 1. The zero-order valence-electron chi connectivity index (χ0n) is 17.6. The lowest BCUT2D eigenvalue weighted by molar-refractivity contribution is 0.174. The molecule has 32 heavy (non-hydrogen) atoms. The highest BCUT2D eigenvalue weighted by molar-refractivity contribution is 5.50. The van der Waals surface area contributed by atoms with Crippen LogP contribution in [0, 0.1) is 12.3 Å². The molecule has 0 saturated carbocycles. The van der Waals surface area contributed by atoms with Crippen molar-refractivity contribution in [1.29, 1.82) is 0 Å². The van der Waals surface area contributed by atoms with Crippen LogP contribution in [0.4, 0.5) is 0 Å². The summed E-state index contributed by atoms with van der Waals surface area (Å²) in [5.41, 5.74) is 1.20. The van der Waals surface area contributed by atoms with E-state index in [2.05, 4.69) is 42.0 Å². The third-order valence-corrected chi connectivity index (χ3v) is 5.55. The van der Waals surface area contributed by atoms with Crippen LogP contribution in [-0.2, 0) is 6.42 Å². The molecule has 0 saturated heterocycles. The van der Waals surface area contributed by atoms with Crippen molar-refractivity contribution in [2.75, 3.05) is 13.3 Å². The lowest BCUT2D eigenvalue weighted by Crippen LogP contribution is -2.30. The average molecular weight is 434 g/mol. The molecule has 11 heteroatoms. The molecule has 1 unspecified atom stereocenters. The van der Waals surface area contributed by atoms with Crippen molar-refractivity contribution in [3.8, 4) is 29.5 Å². The highest BCUT2D eigenvalue weighted by Gasteiger charge is 2.39. The predicted octanol–water partition coefficient (Wildman–Crippen LogP) is 2.59. The minimum atomic E-state index is -0.420. The van der Waals surface area contributed by atoms with Crippen LogP contribution in [0.5, 0.6) is 11.5 Å². The van der Waals surface area contributed by atoms with E-state index in [9.17, 15) is 0 Å². The van der Waals surface area contributed by atoms with Crippen LogP contribution in [0.25, 0.3) is 5.69 Å². The molecule has 164 valence electrons. The molecule has 2 aliphatic rings. The van der Waals surface area contributed by atoms with Gasteiger partial charge in [-0.05, 0) is 29.0 Å². The number of nitrogens with zero attached hydrogens (tertiary/aromatic N) is 7. The standard InChI is InChI=1S/C21H22N8O3/c1-3-5-8-21(25-26-21)9-10-22-18(19-15(4-2)23-12-30-19)20-24-27-28-29(20)14-6-7-16-17(11-14)32-13-31-16/h1,6-7,11-12,18,22H,4-5,8-10,13H2,2H3. The summed E-state index contributed by atoms with van der Waals surface area (Å²) in [6, 6.07) is 5.14. The largest absolute Gasteiger partial charge is 0.454 e. The molecule has 0 radical (unpaired) electrons. The average Bonchev–Trinajstić information content (AvgIpc) is 3.24. The minimum Gasteiger partial charge on any atom is -0.454 e. The SMILES string of the molecule is C#CCCC1(CCNC(c2ocnc2CC)c2nnnn2-c2ccc3c(c2)OCO3)N=N1. The van der Waals surface area contributed by atoms with Crippen molar-refractivity contribution in [2.24, 2.45) is 10.2 Å². The minimum absolute atomic E-state index is 0.195. The maximum Gasteiger partial charge on any atom is 0.231 e. The maximum absolute atomic E-state index is 5.77. The molecule has 0 bridgehead atoms. The van der Waals surface area contributed by atoms with E-state index in [-0.39, 0.29) is 12.5 Å². The quantitative estimate of drug-likeness (QED) is 0.483. The van der Waals surface area contributed by atoms with Gasteiger partial charge in [-0.25, -0.2) is 4.98 Å². The van der Waals surface area contributed by atoms with Gasteiger partial charge in [-0.15, -0.1) is 17.4 Å². The summed E-state index contributed by atoms with van der Waals surface area (Å²) in [4.78, 5) is 4.34. The Labute approximate surface area is 184 Å². The second-order valence-corrected chi connectivity index (χ2v) is 7.53. The van der Waals surface area contributed by atoms with Crippen molar-refractivity contribution in [3.63, 3.8) is 0 Å². The van der Waals surface area contributed by atoms with Crippen LogP contribution in [0.15, 0.2) is 39.2 Å². The topological polar surface area (TPSA) is 125 Å². The molecule has 2 aromatic heterocycles. The molecule has 1 atom stereocenters. The number of rotatable bonds is 10. The number of hydrogen-bond acceptors (Lipinski definition) is 10. The third-order valence-electron chi connectivity index (χ3n) is 5.55. The number of fused-ring (bicyclic) bond motifs is 1. The van der Waals surface area contributed by atoms with Gasteiger partial charge >= 0.3 is 0 Å². The van der Waals surface area contributed by atoms with Crippen LogP contribution in [0.2, 0.25) is 0 Å². The van der Waals surface area contributed by atoms with Gasteiger partial charge in [0.15, 0.2) is 35.1 Å². The number of terminal acetylenes is 1. The Kier molecular flexibility index (Phi) is 5.28. The number of nitrogens with one attached hydrogen (secondary N) is 1. The van der Waals surface area contributed by atoms with Gasteiger partial charge in [-0.1, -0.05) is 6.92 Å². The Hall–Kier alpha value is -3.78. The third kappa shape index (κ3) is 3.80. The molecule has 11 nitrogen and oxygen atoms in total. The first-order valence-corrected chi connectivity index (χ1v) is 10.4. The van der Waals surface area contributed by atoms with Gasteiger partial charge in [0, 0.05) is 31.9 Å². The first-order valence-electron chi connectivity index (χ1n) is 10.4. The predicted molar refractivity (Wildman–Crippen MR) is 111 cm³/mol. The fourth-order valence-electron chi connectivity index (χ4n) is 3.74. The molecule has 1 N–H and O–H groups in total. The Balaban J connectivity index is 1.42. The molecule has 2 aliphatic heterocycles. The van der Waals surface area contributed by atoms with Gasteiger partial charge < -0.3 is 19.2 Å². The summed E-state index contributed by atoms with van der Waals surface area (Å²) < 4.78 is 18.3. The van der Waals surface area contributed by atoms with Gasteiger partial charge in [-0.2, -0.15) is 14.9 Å². The zero-order chi connectivity index (χ0) is 22.0. The monoisotopic (exact) mass is 434 g/mol. The first kappa shape index (κ1) is 20.1. The number of ether oxygens (including phenoxy) is 2. The fourth-order valence-corrected chi connectivity index (χ4v) is 3.74. The number of oxazole rings is 1. The molecule has 3 aromatic rings. The smallest absolute Gasteiger partial charge is 0.231 e. The van der Waals surface area contributed by atoms with Gasteiger partial charge in [0.05, 0.1) is 11.4 Å². The zero-order valence-corrected chi connectivity index (χ0v) is 17.6. The summed E-state index contributed by atoms with van der Waals surface area (Å²) in [5.74, 6) is 5.23. The number of benzene rings is 1. The Morgan fingerprint density at radius 3 is 2.94 bits per heavy atom. The van der Waals surface area contributed by atoms with Crippen LogP contribution in [-0.4, -0.2) is 44.2 Å². The highest BCUT2D eigenvalue weighted by atomic mass is 16.7. The van der Waals surface area contributed by atoms with E-state index in [0.29, 0.717) is 48.9 Å². The number of tetrazole rings is 1. The van der Waals surface area contributed by atoms with Crippen molar-refractivity contribution >= 4 is 0 Å². The summed E-state index contributed by atoms with van der Waals surface area (Å²) >= 11 is 0. The normalized spacial score (nSPS) is 16.1. The lowest BCUT2D eigenvalue weighted by Gasteiger charge is -2.18. The fraction of sp³-hybridized carbons (Fsp3) is 0.429. The molecular weight excluding hydrogens is 412 g/mol. The van der Waals surface area contributed by atoms with Crippen molar-refractivity contribution in [3.05, 3.63) is 41.9 Å². The van der Waals surface area contributed by atoms with Gasteiger partial charge in [0.2, 0.25) is 6.79 Å². The van der Waals surface area contributed by atoms with Crippen LogP contribution in [0.1, 0.15) is 49.5 Å². The molecule has 0 amide bonds. The molecule has 1 aromatic carbocycles. The molecular formula is C21H22N8O3. The van der Waals surface area contributed by atoms with E-state index in [1.807, 2.05) is 25.1 Å². The molecule has 0 aliphatic carbocycles. The maximum atomic E-state index is 5.77. The summed E-state index contributed by atoms with van der Waals surface area (Å²) in [6.45, 7) is 2.83. The first-order chi connectivity index (χ1) is 15.7. The van der Waals surface area contributed by atoms with E-state index in [1.165, 1.54) is 6.39 Å². The van der Waals surface area contributed by atoms with Gasteiger partial charge in [0.1, 0.15) is 6.04 Å². The van der Waals surface area contributed by atoms with Crippen molar-refractivity contribution in [2.45, 2.75) is 44.3 Å². The van der Waals surface area contributed by atoms with E-state index in [1.54, 1.807) is 4.68 Å². The van der Waals surface area contributed by atoms with Gasteiger partial charge in [-0.3, -0.25) is 0 Å². The number of aromatic nitrogens is 5. The van der Waals surface area contributed by atoms with Gasteiger partial charge in [0.25, 0.3) is 0 Å². The van der Waals surface area contributed by atoms with Crippen molar-refractivity contribution in [1.82, 2.24) is 30.5 Å². The van der Waals surface area contributed by atoms with E-state index in [0.717, 1.165) is 17.8 Å². The molecule has 4 heterocycles. The molecule has 5 rings (SSSR count). The Morgan fingerprint density at radius 1 is 1.25 bits per heavy atom. The molecule has 0 spiro atoms. The van der Waals surface area contributed by atoms with Crippen LogP contribution in [0.3, 0.4) is 0 Å². The Morgan fingerprint density at radius 2 is 2.12 bits per heavy atom. The van der Waals surface area contributed by atoms with E-state index >= 15 is 0 Å². The summed E-state index contributed by atoms with van der Waals surface area (Å²) in [6.07, 6.45) is 9.65. The van der Waals surface area contributed by atoms with Crippen molar-refractivity contribution < 1.29 is 13.9 Å². The second-order valence-electron chi connectivity index (χ2n) is 7.53. The number of aryl methyl sites for hydroxylation is 1.